The van der Waals surface area contributed by atoms with Gasteiger partial charge in [-0.05, 0) is 30.7 Å². The summed E-state index contributed by atoms with van der Waals surface area (Å²) in [6.07, 6.45) is -0.658. The number of thiol groups is 1. The maximum Gasteiger partial charge on any atom is 0.194 e. The number of hydrogen-bond acceptors (Lipinski definition) is 6. The third kappa shape index (κ3) is 2.05. The number of halogens is 1. The van der Waals surface area contributed by atoms with Crippen LogP contribution in [0.25, 0.3) is 0 Å². The van der Waals surface area contributed by atoms with E-state index in [1.165, 1.54) is 4.31 Å². The van der Waals surface area contributed by atoms with E-state index in [4.69, 9.17) is 27.0 Å². The molecule has 2 rings (SSSR count). The van der Waals surface area contributed by atoms with E-state index < -0.39 is 6.29 Å². The molecule has 0 saturated carbocycles. The fraction of sp³-hybridized carbons (Fsp3) is 0.200. The Bertz CT molecular complexity index is 557. The Morgan fingerprint density at radius 1 is 1.65 bits per heavy atom. The average Bonchev–Trinajstić information content (AvgIpc) is 2.72. The summed E-state index contributed by atoms with van der Waals surface area (Å²) in [7, 11) is 0. The van der Waals surface area contributed by atoms with E-state index in [1.807, 2.05) is 0 Å². The molecule has 1 unspecified atom stereocenters. The number of furan rings is 1. The van der Waals surface area contributed by atoms with Crippen molar-refractivity contribution in [2.75, 3.05) is 0 Å². The zero-order valence-corrected chi connectivity index (χ0v) is 10.5. The first-order valence-corrected chi connectivity index (χ1v) is 5.51. The highest BCUT2D eigenvalue weighted by Crippen LogP contribution is 2.26. The van der Waals surface area contributed by atoms with Crippen LogP contribution in [-0.2, 0) is 0 Å². The van der Waals surface area contributed by atoms with Crippen LogP contribution in [0.5, 0.6) is 0 Å². The molecule has 88 valence electrons. The van der Waals surface area contributed by atoms with Crippen LogP contribution in [0.15, 0.2) is 32.8 Å². The molecule has 2 heterocycles. The van der Waals surface area contributed by atoms with Crippen LogP contribution in [0.4, 0.5) is 0 Å². The highest BCUT2D eigenvalue weighted by molar-refractivity contribution is 7.77. The van der Waals surface area contributed by atoms with Crippen molar-refractivity contribution in [3.05, 3.63) is 34.4 Å². The molecule has 1 atom stereocenters. The predicted octanol–water partition coefficient (Wildman–Crippen LogP) is 1.92. The Hall–Kier alpha value is -1.42. The molecule has 5 nitrogen and oxygen atoms in total. The molecule has 0 amide bonds. The quantitative estimate of drug-likeness (QED) is 0.763. The van der Waals surface area contributed by atoms with Crippen molar-refractivity contribution in [1.82, 2.24) is 4.31 Å². The second-order valence-electron chi connectivity index (χ2n) is 3.41. The van der Waals surface area contributed by atoms with Crippen molar-refractivity contribution in [3.8, 4) is 6.07 Å². The van der Waals surface area contributed by atoms with E-state index in [0.29, 0.717) is 22.7 Å². The third-order valence-electron chi connectivity index (χ3n) is 2.37. The van der Waals surface area contributed by atoms with Crippen LogP contribution < -0.4 is 5.73 Å². The lowest BCUT2D eigenvalue weighted by atomic mass is 10.1. The SMILES string of the molecule is CC1=C(C#N)C(c2ccc(Cl)o2)=NC(N)N1S. The van der Waals surface area contributed by atoms with E-state index >= 15 is 0 Å². The minimum absolute atomic E-state index is 0.236. The maximum absolute atomic E-state index is 9.14. The van der Waals surface area contributed by atoms with Gasteiger partial charge in [-0.1, -0.05) is 12.8 Å². The molecule has 0 fully saturated rings. The lowest BCUT2D eigenvalue weighted by Gasteiger charge is -2.28. The summed E-state index contributed by atoms with van der Waals surface area (Å²) in [5.74, 6) is 0.419. The molecule has 1 aliphatic heterocycles. The second-order valence-corrected chi connectivity index (χ2v) is 4.22. The zero-order valence-electron chi connectivity index (χ0n) is 8.88. The maximum atomic E-state index is 9.14. The fourth-order valence-electron chi connectivity index (χ4n) is 1.50. The van der Waals surface area contributed by atoms with Crippen molar-refractivity contribution in [2.24, 2.45) is 10.7 Å². The number of hydrogen-bond donors (Lipinski definition) is 2. The Balaban J connectivity index is 2.53. The predicted molar refractivity (Wildman–Crippen MR) is 67.4 cm³/mol. The zero-order chi connectivity index (χ0) is 12.6. The van der Waals surface area contributed by atoms with Gasteiger partial charge in [0.05, 0.1) is 0 Å². The second kappa shape index (κ2) is 4.45. The molecular formula is C10H9ClN4OS. The number of allylic oxidation sites excluding steroid dienone is 2. The van der Waals surface area contributed by atoms with Gasteiger partial charge in [-0.25, -0.2) is 4.99 Å². The first kappa shape index (κ1) is 12.0. The number of rotatable bonds is 1. The summed E-state index contributed by atoms with van der Waals surface area (Å²) < 4.78 is 6.66. The summed E-state index contributed by atoms with van der Waals surface area (Å²) in [4.78, 5) is 4.16. The molecule has 1 aliphatic rings. The number of nitriles is 1. The van der Waals surface area contributed by atoms with E-state index in [0.717, 1.165) is 0 Å². The first-order valence-electron chi connectivity index (χ1n) is 4.73. The topological polar surface area (TPSA) is 78.5 Å². The minimum atomic E-state index is -0.658. The van der Waals surface area contributed by atoms with Crippen molar-refractivity contribution < 1.29 is 4.42 Å². The number of aliphatic imine (C=N–C) groups is 1. The van der Waals surface area contributed by atoms with Crippen LogP contribution in [-0.4, -0.2) is 16.3 Å². The van der Waals surface area contributed by atoms with Crippen LogP contribution in [0, 0.1) is 11.3 Å². The van der Waals surface area contributed by atoms with E-state index in [9.17, 15) is 0 Å². The molecule has 17 heavy (non-hydrogen) atoms. The number of nitrogens with zero attached hydrogens (tertiary/aromatic N) is 3. The smallest absolute Gasteiger partial charge is 0.194 e. The van der Waals surface area contributed by atoms with E-state index in [2.05, 4.69) is 23.9 Å². The molecular weight excluding hydrogens is 260 g/mol. The van der Waals surface area contributed by atoms with Crippen LogP contribution in [0.2, 0.25) is 5.22 Å². The van der Waals surface area contributed by atoms with Crippen molar-refractivity contribution in [2.45, 2.75) is 13.2 Å². The molecule has 0 spiro atoms. The highest BCUT2D eigenvalue weighted by Gasteiger charge is 2.26. The Morgan fingerprint density at radius 3 is 2.88 bits per heavy atom. The summed E-state index contributed by atoms with van der Waals surface area (Å²) in [5.41, 5.74) is 7.16. The van der Waals surface area contributed by atoms with Crippen LogP contribution in [0.3, 0.4) is 0 Å². The van der Waals surface area contributed by atoms with Gasteiger partial charge in [0, 0.05) is 5.70 Å². The monoisotopic (exact) mass is 268 g/mol. The molecule has 0 bridgehead atoms. The third-order valence-corrected chi connectivity index (χ3v) is 3.11. The summed E-state index contributed by atoms with van der Waals surface area (Å²) >= 11 is 9.85. The minimum Gasteiger partial charge on any atom is -0.443 e. The van der Waals surface area contributed by atoms with Crippen molar-refractivity contribution >= 4 is 30.1 Å². The molecule has 0 aliphatic carbocycles. The standard InChI is InChI=1S/C10H9ClN4OS/c1-5-6(4-12)9(14-10(13)15(5)17)7-2-3-8(11)16-7/h2-3,10,17H,13H2,1H3. The first-order chi connectivity index (χ1) is 8.04. The van der Waals surface area contributed by atoms with Gasteiger partial charge >= 0.3 is 0 Å². The van der Waals surface area contributed by atoms with Gasteiger partial charge in [-0.3, -0.25) is 10.0 Å². The normalized spacial score (nSPS) is 20.3. The molecule has 0 saturated heterocycles. The van der Waals surface area contributed by atoms with Crippen molar-refractivity contribution in [1.29, 1.82) is 5.26 Å². The van der Waals surface area contributed by atoms with Gasteiger partial charge in [0.25, 0.3) is 0 Å². The summed E-state index contributed by atoms with van der Waals surface area (Å²) in [6, 6.07) is 5.29. The molecule has 1 aromatic heterocycles. The fourth-order valence-corrected chi connectivity index (χ4v) is 1.80. The van der Waals surface area contributed by atoms with Gasteiger partial charge in [0.2, 0.25) is 0 Å². The van der Waals surface area contributed by atoms with Gasteiger partial charge in [-0.2, -0.15) is 5.26 Å². The molecule has 0 aromatic carbocycles. The lowest BCUT2D eigenvalue weighted by Crippen LogP contribution is -2.38. The summed E-state index contributed by atoms with van der Waals surface area (Å²) in [5, 5.41) is 9.37. The largest absolute Gasteiger partial charge is 0.443 e. The van der Waals surface area contributed by atoms with E-state index in [1.54, 1.807) is 19.1 Å². The van der Waals surface area contributed by atoms with Crippen molar-refractivity contribution in [3.63, 3.8) is 0 Å². The van der Waals surface area contributed by atoms with Gasteiger partial charge in [0.1, 0.15) is 17.4 Å². The average molecular weight is 269 g/mol. The number of nitrogens with two attached hydrogens (primary N) is 1. The summed E-state index contributed by atoms with van der Waals surface area (Å²) in [6.45, 7) is 1.74. The Labute approximate surface area is 109 Å². The lowest BCUT2D eigenvalue weighted by molar-refractivity contribution is 0.435. The van der Waals surface area contributed by atoms with Crippen LogP contribution >= 0.6 is 24.4 Å². The van der Waals surface area contributed by atoms with Gasteiger partial charge in [0.15, 0.2) is 17.3 Å². The van der Waals surface area contributed by atoms with E-state index in [-0.39, 0.29) is 5.22 Å². The molecule has 0 radical (unpaired) electrons. The van der Waals surface area contributed by atoms with Crippen LogP contribution in [0.1, 0.15) is 12.7 Å². The Morgan fingerprint density at radius 2 is 2.35 bits per heavy atom. The highest BCUT2D eigenvalue weighted by atomic mass is 35.5. The molecule has 1 aromatic rings. The Kier molecular flexibility index (Phi) is 3.15. The van der Waals surface area contributed by atoms with Gasteiger partial charge < -0.3 is 4.42 Å². The molecule has 2 N–H and O–H groups in total. The van der Waals surface area contributed by atoms with Gasteiger partial charge in [-0.15, -0.1) is 0 Å². The molecule has 7 heteroatoms.